The van der Waals surface area contributed by atoms with Crippen LogP contribution in [0, 0.1) is 0 Å². The monoisotopic (exact) mass is 389 g/mol. The molecule has 1 amide bonds. The molecule has 0 aliphatic heterocycles. The standard InChI is InChI=1S/C13H16ClN5O3S2/c1-19(2)8-7-15-24(21,22)13-18-17-12(23-13)16-11(20)9-5-3-4-6-10(9)14/h3-6,15H,7-8H2,1-2H3,(H,16,17,20). The smallest absolute Gasteiger partial charge is 0.269 e. The molecule has 1 aromatic heterocycles. The van der Waals surface area contributed by atoms with Crippen molar-refractivity contribution in [2.45, 2.75) is 4.34 Å². The molecule has 0 atom stereocenters. The zero-order chi connectivity index (χ0) is 17.7. The Balaban J connectivity index is 2.05. The van der Waals surface area contributed by atoms with E-state index in [0.717, 1.165) is 11.3 Å². The minimum atomic E-state index is -3.75. The van der Waals surface area contributed by atoms with E-state index in [2.05, 4.69) is 20.2 Å². The van der Waals surface area contributed by atoms with Crippen LogP contribution in [-0.2, 0) is 10.0 Å². The molecule has 0 radical (unpaired) electrons. The summed E-state index contributed by atoms with van der Waals surface area (Å²) in [5.74, 6) is -0.485. The summed E-state index contributed by atoms with van der Waals surface area (Å²) in [7, 11) is -0.0830. The van der Waals surface area contributed by atoms with Gasteiger partial charge < -0.3 is 4.90 Å². The van der Waals surface area contributed by atoms with E-state index in [1.165, 1.54) is 0 Å². The van der Waals surface area contributed by atoms with Gasteiger partial charge in [-0.1, -0.05) is 35.1 Å². The Morgan fingerprint density at radius 2 is 2.00 bits per heavy atom. The number of carbonyl (C=O) groups excluding carboxylic acids is 1. The highest BCUT2D eigenvalue weighted by Crippen LogP contribution is 2.22. The second-order valence-corrected chi connectivity index (χ2v) is 8.33. The van der Waals surface area contributed by atoms with Crippen LogP contribution in [0.15, 0.2) is 28.6 Å². The van der Waals surface area contributed by atoms with E-state index < -0.39 is 15.9 Å². The number of halogens is 1. The van der Waals surface area contributed by atoms with E-state index in [-0.39, 0.29) is 26.6 Å². The second kappa shape index (κ2) is 7.99. The van der Waals surface area contributed by atoms with Crippen LogP contribution in [0.1, 0.15) is 10.4 Å². The minimum Gasteiger partial charge on any atom is -0.308 e. The predicted octanol–water partition coefficient (Wildman–Crippen LogP) is 1.28. The summed E-state index contributed by atoms with van der Waals surface area (Å²) >= 11 is 6.71. The molecule has 2 aromatic rings. The van der Waals surface area contributed by atoms with Crippen molar-refractivity contribution in [2.75, 3.05) is 32.5 Å². The number of aromatic nitrogens is 2. The van der Waals surface area contributed by atoms with Crippen molar-refractivity contribution in [1.82, 2.24) is 19.8 Å². The summed E-state index contributed by atoms with van der Waals surface area (Å²) in [6.45, 7) is 0.796. The van der Waals surface area contributed by atoms with Gasteiger partial charge >= 0.3 is 0 Å². The third-order valence-corrected chi connectivity index (χ3v) is 5.82. The summed E-state index contributed by atoms with van der Waals surface area (Å²) in [5.41, 5.74) is 0.267. The normalized spacial score (nSPS) is 11.7. The maximum atomic E-state index is 12.1. The molecule has 2 rings (SSSR count). The molecule has 0 fully saturated rings. The van der Waals surface area contributed by atoms with Gasteiger partial charge in [0.05, 0.1) is 10.6 Å². The number of amides is 1. The van der Waals surface area contributed by atoms with E-state index in [1.54, 1.807) is 24.3 Å². The molecular weight excluding hydrogens is 374 g/mol. The highest BCUT2D eigenvalue weighted by molar-refractivity contribution is 7.91. The topological polar surface area (TPSA) is 104 Å². The quantitative estimate of drug-likeness (QED) is 0.691. The molecule has 1 aromatic carbocycles. The van der Waals surface area contributed by atoms with Crippen molar-refractivity contribution in [1.29, 1.82) is 0 Å². The Morgan fingerprint density at radius 3 is 2.67 bits per heavy atom. The SMILES string of the molecule is CN(C)CCNS(=O)(=O)c1nnc(NC(=O)c2ccccc2Cl)s1. The van der Waals surface area contributed by atoms with Gasteiger partial charge in [0.1, 0.15) is 0 Å². The van der Waals surface area contributed by atoms with Crippen LogP contribution < -0.4 is 10.0 Å². The van der Waals surface area contributed by atoms with Gasteiger partial charge in [-0.2, -0.15) is 0 Å². The summed E-state index contributed by atoms with van der Waals surface area (Å²) in [5, 5.41) is 10.1. The molecule has 0 unspecified atom stereocenters. The molecule has 24 heavy (non-hydrogen) atoms. The van der Waals surface area contributed by atoms with Crippen molar-refractivity contribution < 1.29 is 13.2 Å². The lowest BCUT2D eigenvalue weighted by Crippen LogP contribution is -2.31. The molecule has 8 nitrogen and oxygen atoms in total. The van der Waals surface area contributed by atoms with Crippen molar-refractivity contribution in [3.8, 4) is 0 Å². The van der Waals surface area contributed by atoms with Gasteiger partial charge in [-0.05, 0) is 26.2 Å². The number of likely N-dealkylation sites (N-methyl/N-ethyl adjacent to an activating group) is 1. The highest BCUT2D eigenvalue weighted by atomic mass is 35.5. The molecule has 0 saturated heterocycles. The Morgan fingerprint density at radius 1 is 1.29 bits per heavy atom. The molecule has 0 spiro atoms. The Hall–Kier alpha value is -1.59. The molecule has 1 heterocycles. The number of sulfonamides is 1. The lowest BCUT2D eigenvalue weighted by Gasteiger charge is -2.09. The van der Waals surface area contributed by atoms with Crippen molar-refractivity contribution >= 4 is 44.0 Å². The summed E-state index contributed by atoms with van der Waals surface area (Å²) in [4.78, 5) is 14.0. The summed E-state index contributed by atoms with van der Waals surface area (Å²) < 4.78 is 26.4. The Kier molecular flexibility index (Phi) is 6.24. The van der Waals surface area contributed by atoms with Crippen LogP contribution in [0.3, 0.4) is 0 Å². The van der Waals surface area contributed by atoms with E-state index >= 15 is 0 Å². The van der Waals surface area contributed by atoms with Gasteiger partial charge in [0.25, 0.3) is 15.9 Å². The highest BCUT2D eigenvalue weighted by Gasteiger charge is 2.21. The zero-order valence-corrected chi connectivity index (χ0v) is 15.4. The zero-order valence-electron chi connectivity index (χ0n) is 13.0. The first-order valence-electron chi connectivity index (χ1n) is 6.83. The third kappa shape index (κ3) is 4.95. The maximum absolute atomic E-state index is 12.1. The van der Waals surface area contributed by atoms with Crippen LogP contribution in [0.5, 0.6) is 0 Å². The van der Waals surface area contributed by atoms with Gasteiger partial charge in [-0.3, -0.25) is 10.1 Å². The van der Waals surface area contributed by atoms with Gasteiger partial charge in [-0.25, -0.2) is 13.1 Å². The average molecular weight is 390 g/mol. The molecular formula is C13H16ClN5O3S2. The van der Waals surface area contributed by atoms with Crippen molar-refractivity contribution in [2.24, 2.45) is 0 Å². The van der Waals surface area contributed by atoms with Crippen LogP contribution in [0.2, 0.25) is 5.02 Å². The lowest BCUT2D eigenvalue weighted by atomic mass is 10.2. The second-order valence-electron chi connectivity index (χ2n) is 5.01. The van der Waals surface area contributed by atoms with Gasteiger partial charge in [0.15, 0.2) is 0 Å². The van der Waals surface area contributed by atoms with Crippen molar-refractivity contribution in [3.05, 3.63) is 34.9 Å². The van der Waals surface area contributed by atoms with Crippen molar-refractivity contribution in [3.63, 3.8) is 0 Å². The van der Waals surface area contributed by atoms with E-state index in [4.69, 9.17) is 11.6 Å². The lowest BCUT2D eigenvalue weighted by molar-refractivity contribution is 0.102. The molecule has 0 bridgehead atoms. The van der Waals surface area contributed by atoms with Gasteiger partial charge in [0, 0.05) is 13.1 Å². The average Bonchev–Trinajstić information content (AvgIpc) is 2.96. The predicted molar refractivity (Wildman–Crippen MR) is 93.1 cm³/mol. The van der Waals surface area contributed by atoms with E-state index in [1.807, 2.05) is 19.0 Å². The number of carbonyl (C=O) groups is 1. The Bertz CT molecular complexity index is 823. The maximum Gasteiger partial charge on any atom is 0.269 e. The number of nitrogens with zero attached hydrogens (tertiary/aromatic N) is 3. The number of nitrogens with one attached hydrogen (secondary N) is 2. The summed E-state index contributed by atoms with van der Waals surface area (Å²) in [6, 6.07) is 6.51. The van der Waals surface area contributed by atoms with Crippen LogP contribution >= 0.6 is 22.9 Å². The fourth-order valence-corrected chi connectivity index (χ4v) is 3.82. The molecule has 0 aliphatic carbocycles. The molecule has 0 aliphatic rings. The fraction of sp³-hybridized carbons (Fsp3) is 0.308. The number of hydrogen-bond acceptors (Lipinski definition) is 7. The number of rotatable bonds is 7. The van der Waals surface area contributed by atoms with Crippen LogP contribution in [0.4, 0.5) is 5.13 Å². The largest absolute Gasteiger partial charge is 0.308 e. The minimum absolute atomic E-state index is 0.0768. The van der Waals surface area contributed by atoms with Crippen LogP contribution in [0.25, 0.3) is 0 Å². The molecule has 2 N–H and O–H groups in total. The first-order chi connectivity index (χ1) is 11.3. The molecule has 0 saturated carbocycles. The van der Waals surface area contributed by atoms with E-state index in [9.17, 15) is 13.2 Å². The molecule has 130 valence electrons. The molecule has 11 heteroatoms. The first-order valence-corrected chi connectivity index (χ1v) is 9.51. The van der Waals surface area contributed by atoms with Crippen LogP contribution in [-0.4, -0.2) is 56.6 Å². The summed E-state index contributed by atoms with van der Waals surface area (Å²) in [6.07, 6.45) is 0. The fourth-order valence-electron chi connectivity index (χ4n) is 1.64. The van der Waals surface area contributed by atoms with Gasteiger partial charge in [-0.15, -0.1) is 10.2 Å². The first kappa shape index (κ1) is 18.7. The third-order valence-electron chi connectivity index (χ3n) is 2.83. The number of anilines is 1. The van der Waals surface area contributed by atoms with E-state index in [0.29, 0.717) is 6.54 Å². The number of hydrogen-bond donors (Lipinski definition) is 2. The Labute approximate surface area is 148 Å². The number of benzene rings is 1. The van der Waals surface area contributed by atoms with Gasteiger partial charge in [0.2, 0.25) is 9.47 Å².